The average Bonchev–Trinajstić information content (AvgIpc) is 2.91. The highest BCUT2D eigenvalue weighted by Crippen LogP contribution is 2.46. The van der Waals surface area contributed by atoms with E-state index in [0.29, 0.717) is 18.5 Å². The third-order valence-corrected chi connectivity index (χ3v) is 4.68. The van der Waals surface area contributed by atoms with Crippen LogP contribution in [0.1, 0.15) is 41.6 Å². The first-order chi connectivity index (χ1) is 8.66. The summed E-state index contributed by atoms with van der Waals surface area (Å²) >= 11 is 0. The Balaban J connectivity index is 1.76. The highest BCUT2D eigenvalue weighted by Gasteiger charge is 2.55. The van der Waals surface area contributed by atoms with Gasteiger partial charge in [-0.25, -0.2) is 0 Å². The lowest BCUT2D eigenvalue weighted by Gasteiger charge is -2.40. The Hall–Kier alpha value is -1.35. The van der Waals surface area contributed by atoms with Gasteiger partial charge in [0, 0.05) is 18.5 Å². The van der Waals surface area contributed by atoms with Gasteiger partial charge in [-0.15, -0.1) is 0 Å². The summed E-state index contributed by atoms with van der Waals surface area (Å²) in [6, 6.07) is 6.84. The monoisotopic (exact) mass is 243 g/mol. The molecule has 1 N–H and O–H groups in total. The van der Waals surface area contributed by atoms with Gasteiger partial charge in [-0.1, -0.05) is 11.6 Å². The molecule has 1 aromatic carbocycles. The lowest BCUT2D eigenvalue weighted by atomic mass is 9.78. The van der Waals surface area contributed by atoms with Gasteiger partial charge in [-0.3, -0.25) is 4.79 Å². The van der Waals surface area contributed by atoms with Gasteiger partial charge in [0.05, 0.1) is 12.0 Å². The van der Waals surface area contributed by atoms with Crippen LogP contribution in [0.3, 0.4) is 0 Å². The number of hydrogen-bond donors (Lipinski definition) is 1. The maximum Gasteiger partial charge on any atom is 0.170 e. The topological polar surface area (TPSA) is 38.3 Å². The number of ketones is 1. The molecular weight excluding hydrogens is 226 g/mol. The van der Waals surface area contributed by atoms with E-state index in [1.54, 1.807) is 0 Å². The van der Waals surface area contributed by atoms with Crippen LogP contribution in [-0.4, -0.2) is 23.5 Å². The van der Waals surface area contributed by atoms with Crippen LogP contribution < -0.4 is 10.1 Å². The normalized spacial score (nSPS) is 36.8. The average molecular weight is 243 g/mol. The summed E-state index contributed by atoms with van der Waals surface area (Å²) in [6.45, 7) is 2.01. The number of Topliss-reactive ketones (excluding diaryl/α,β-unsaturated/α-hetero) is 1. The SMILES string of the molecule is Cc1ccc2c(c1)C(=O)C[C@@]1(C[C@@H]3CC[C@@H]1N3)O2. The number of carbonyl (C=O) groups is 1. The van der Waals surface area contributed by atoms with E-state index in [1.807, 2.05) is 25.1 Å². The van der Waals surface area contributed by atoms with Crippen molar-refractivity contribution in [2.24, 2.45) is 0 Å². The van der Waals surface area contributed by atoms with Crippen molar-refractivity contribution in [2.45, 2.75) is 50.3 Å². The first-order valence-electron chi connectivity index (χ1n) is 6.75. The highest BCUT2D eigenvalue weighted by atomic mass is 16.5. The molecule has 94 valence electrons. The molecule has 3 aliphatic heterocycles. The van der Waals surface area contributed by atoms with Crippen molar-refractivity contribution in [1.29, 1.82) is 0 Å². The third-order valence-electron chi connectivity index (χ3n) is 4.68. The molecule has 2 fully saturated rings. The number of ether oxygens (including phenoxy) is 1. The zero-order valence-corrected chi connectivity index (χ0v) is 10.5. The minimum Gasteiger partial charge on any atom is -0.484 e. The molecule has 3 heteroatoms. The predicted octanol–water partition coefficient (Wildman–Crippen LogP) is 2.22. The maximum absolute atomic E-state index is 12.4. The van der Waals surface area contributed by atoms with Crippen molar-refractivity contribution in [3.05, 3.63) is 29.3 Å². The lowest BCUT2D eigenvalue weighted by molar-refractivity contribution is 0.0232. The zero-order chi connectivity index (χ0) is 12.3. The van der Waals surface area contributed by atoms with Crippen LogP contribution in [0, 0.1) is 6.92 Å². The Bertz CT molecular complexity index is 539. The molecule has 1 spiro atoms. The number of carbonyl (C=O) groups excluding carboxylic acids is 1. The van der Waals surface area contributed by atoms with E-state index >= 15 is 0 Å². The first-order valence-corrected chi connectivity index (χ1v) is 6.75. The van der Waals surface area contributed by atoms with E-state index in [2.05, 4.69) is 5.32 Å². The summed E-state index contributed by atoms with van der Waals surface area (Å²) in [7, 11) is 0. The minimum atomic E-state index is -0.262. The summed E-state index contributed by atoms with van der Waals surface area (Å²) in [5.41, 5.74) is 1.62. The summed E-state index contributed by atoms with van der Waals surface area (Å²) in [4.78, 5) is 12.4. The van der Waals surface area contributed by atoms with Gasteiger partial charge in [0.15, 0.2) is 5.78 Å². The van der Waals surface area contributed by atoms with Crippen LogP contribution in [0.4, 0.5) is 0 Å². The number of aryl methyl sites for hydroxylation is 1. The number of fused-ring (bicyclic) bond motifs is 4. The van der Waals surface area contributed by atoms with Crippen LogP contribution in [0.15, 0.2) is 18.2 Å². The van der Waals surface area contributed by atoms with E-state index in [9.17, 15) is 4.79 Å². The van der Waals surface area contributed by atoms with E-state index in [4.69, 9.17) is 4.74 Å². The largest absolute Gasteiger partial charge is 0.484 e. The Morgan fingerprint density at radius 3 is 3.00 bits per heavy atom. The maximum atomic E-state index is 12.4. The van der Waals surface area contributed by atoms with Crippen LogP contribution in [0.2, 0.25) is 0 Å². The number of hydrogen-bond acceptors (Lipinski definition) is 3. The quantitative estimate of drug-likeness (QED) is 0.759. The van der Waals surface area contributed by atoms with E-state index < -0.39 is 0 Å². The second-order valence-electron chi connectivity index (χ2n) is 5.96. The zero-order valence-electron chi connectivity index (χ0n) is 10.5. The Labute approximate surface area is 107 Å². The van der Waals surface area contributed by atoms with Gasteiger partial charge in [-0.05, 0) is 31.9 Å². The van der Waals surface area contributed by atoms with Gasteiger partial charge in [0.1, 0.15) is 11.4 Å². The molecule has 3 atom stereocenters. The summed E-state index contributed by atoms with van der Waals surface area (Å²) < 4.78 is 6.26. The molecule has 1 aromatic rings. The molecule has 0 radical (unpaired) electrons. The van der Waals surface area contributed by atoms with Gasteiger partial charge in [0.2, 0.25) is 0 Å². The van der Waals surface area contributed by atoms with Gasteiger partial charge in [-0.2, -0.15) is 0 Å². The molecule has 2 bridgehead atoms. The fraction of sp³-hybridized carbons (Fsp3) is 0.533. The van der Waals surface area contributed by atoms with Crippen molar-refractivity contribution in [3.8, 4) is 5.75 Å². The molecule has 0 amide bonds. The van der Waals surface area contributed by atoms with E-state index in [0.717, 1.165) is 29.7 Å². The molecular formula is C15H17NO2. The summed E-state index contributed by atoms with van der Waals surface area (Å²) in [5, 5.41) is 3.57. The molecule has 0 aromatic heterocycles. The van der Waals surface area contributed by atoms with Crippen molar-refractivity contribution in [2.75, 3.05) is 0 Å². The molecule has 18 heavy (non-hydrogen) atoms. The standard InChI is InChI=1S/C15H17NO2/c1-9-2-4-13-11(6-9)12(17)8-15(18-13)7-10-3-5-14(15)16-10/h2,4,6,10,14,16H,3,5,7-8H2,1H3/t10-,14-,15+/m0/s1. The van der Waals surface area contributed by atoms with E-state index in [1.165, 1.54) is 6.42 Å². The fourth-order valence-electron chi connectivity index (χ4n) is 3.84. The van der Waals surface area contributed by atoms with Gasteiger partial charge >= 0.3 is 0 Å². The Morgan fingerprint density at radius 2 is 2.28 bits per heavy atom. The summed E-state index contributed by atoms with van der Waals surface area (Å²) in [5.74, 6) is 1.03. The molecule has 0 unspecified atom stereocenters. The minimum absolute atomic E-state index is 0.245. The van der Waals surface area contributed by atoms with E-state index in [-0.39, 0.29) is 11.4 Å². The molecule has 0 saturated carbocycles. The number of benzene rings is 1. The second-order valence-corrected chi connectivity index (χ2v) is 5.96. The van der Waals surface area contributed by atoms with Crippen LogP contribution in [-0.2, 0) is 0 Å². The van der Waals surface area contributed by atoms with Gasteiger partial charge < -0.3 is 10.1 Å². The molecule has 2 saturated heterocycles. The first kappa shape index (κ1) is 10.6. The van der Waals surface area contributed by atoms with Gasteiger partial charge in [0.25, 0.3) is 0 Å². The molecule has 3 heterocycles. The third kappa shape index (κ3) is 1.31. The smallest absolute Gasteiger partial charge is 0.170 e. The van der Waals surface area contributed by atoms with Crippen molar-refractivity contribution < 1.29 is 9.53 Å². The number of nitrogens with one attached hydrogen (secondary N) is 1. The van der Waals surface area contributed by atoms with Crippen molar-refractivity contribution >= 4 is 5.78 Å². The fourth-order valence-corrected chi connectivity index (χ4v) is 3.84. The highest BCUT2D eigenvalue weighted by molar-refractivity contribution is 6.00. The summed E-state index contributed by atoms with van der Waals surface area (Å²) in [6.07, 6.45) is 3.89. The Kier molecular flexibility index (Phi) is 1.97. The van der Waals surface area contributed by atoms with Crippen LogP contribution >= 0.6 is 0 Å². The van der Waals surface area contributed by atoms with Crippen molar-refractivity contribution in [3.63, 3.8) is 0 Å². The Morgan fingerprint density at radius 1 is 1.39 bits per heavy atom. The predicted molar refractivity (Wildman–Crippen MR) is 68.0 cm³/mol. The molecule has 3 nitrogen and oxygen atoms in total. The van der Waals surface area contributed by atoms with Crippen molar-refractivity contribution in [1.82, 2.24) is 5.32 Å². The van der Waals surface area contributed by atoms with Crippen LogP contribution in [0.25, 0.3) is 0 Å². The molecule has 4 rings (SSSR count). The second kappa shape index (κ2) is 3.35. The molecule has 0 aliphatic carbocycles. The molecule has 3 aliphatic rings. The lowest BCUT2D eigenvalue weighted by Crippen LogP contribution is -2.51. The van der Waals surface area contributed by atoms with Crippen LogP contribution in [0.5, 0.6) is 5.75 Å². The number of rotatable bonds is 0.